The van der Waals surface area contributed by atoms with Crippen LogP contribution >= 0.6 is 0 Å². The molecule has 15 heavy (non-hydrogen) atoms. The summed E-state index contributed by atoms with van der Waals surface area (Å²) >= 11 is 0. The Bertz CT molecular complexity index is 231. The predicted octanol–water partition coefficient (Wildman–Crippen LogP) is -2.08. The van der Waals surface area contributed by atoms with Gasteiger partial charge in [0.1, 0.15) is 18.3 Å². The number of carbonyl (C=O) groups is 1. The molecule has 88 valence electrons. The average Bonchev–Trinajstić information content (AvgIpc) is 2.18. The van der Waals surface area contributed by atoms with Crippen LogP contribution in [0, 0.1) is 0 Å². The van der Waals surface area contributed by atoms with Crippen molar-refractivity contribution in [2.75, 3.05) is 6.61 Å². The van der Waals surface area contributed by atoms with Crippen molar-refractivity contribution in [1.29, 1.82) is 0 Å². The van der Waals surface area contributed by atoms with Crippen LogP contribution in [0.15, 0.2) is 0 Å². The van der Waals surface area contributed by atoms with Crippen LogP contribution in [0.3, 0.4) is 0 Å². The van der Waals surface area contributed by atoms with Gasteiger partial charge >= 0.3 is 5.97 Å². The summed E-state index contributed by atoms with van der Waals surface area (Å²) in [6.07, 6.45) is -7.57. The van der Waals surface area contributed by atoms with Crippen LogP contribution in [0.5, 0.6) is 0 Å². The van der Waals surface area contributed by atoms with E-state index < -0.39 is 36.7 Å². The molecular weight excluding hydrogens is 208 g/mol. The van der Waals surface area contributed by atoms with Crippen LogP contribution in [0.25, 0.3) is 0 Å². The summed E-state index contributed by atoms with van der Waals surface area (Å²) in [5, 5.41) is 36.7. The zero-order valence-electron chi connectivity index (χ0n) is 8.11. The molecule has 0 spiro atoms. The SMILES string of the molecule is CCO[C@H]1OC(C(=O)O)[C@H](O)[C@H](O)C1O. The van der Waals surface area contributed by atoms with Gasteiger partial charge in [-0.3, -0.25) is 0 Å². The number of hydrogen-bond acceptors (Lipinski definition) is 6. The zero-order chi connectivity index (χ0) is 11.6. The molecule has 1 aliphatic heterocycles. The van der Waals surface area contributed by atoms with Gasteiger partial charge in [-0.2, -0.15) is 0 Å². The molecule has 0 aromatic carbocycles. The Kier molecular flexibility index (Phi) is 4.00. The fourth-order valence-electron chi connectivity index (χ4n) is 1.35. The molecule has 7 nitrogen and oxygen atoms in total. The normalized spacial score (nSPS) is 41.5. The second kappa shape index (κ2) is 4.86. The first-order valence-corrected chi connectivity index (χ1v) is 4.53. The molecule has 0 aromatic rings. The molecule has 4 N–H and O–H groups in total. The second-order valence-electron chi connectivity index (χ2n) is 3.19. The predicted molar refractivity (Wildman–Crippen MR) is 45.9 cm³/mol. The lowest BCUT2D eigenvalue weighted by Crippen LogP contribution is -2.60. The molecule has 0 saturated carbocycles. The molecule has 5 atom stereocenters. The summed E-state index contributed by atoms with van der Waals surface area (Å²) in [5.41, 5.74) is 0. The minimum atomic E-state index is -1.67. The first-order chi connectivity index (χ1) is 6.99. The van der Waals surface area contributed by atoms with E-state index in [0.29, 0.717) is 0 Å². The van der Waals surface area contributed by atoms with Crippen LogP contribution in [-0.4, -0.2) is 63.7 Å². The van der Waals surface area contributed by atoms with Crippen molar-refractivity contribution in [2.24, 2.45) is 0 Å². The summed E-state index contributed by atoms with van der Waals surface area (Å²) < 4.78 is 9.69. The van der Waals surface area contributed by atoms with Crippen LogP contribution < -0.4 is 0 Å². The molecule has 0 radical (unpaired) electrons. The Hall–Kier alpha value is -0.730. The van der Waals surface area contributed by atoms with Crippen LogP contribution in [-0.2, 0) is 14.3 Å². The Morgan fingerprint density at radius 2 is 1.87 bits per heavy atom. The standard InChI is InChI=1S/C8H14O7/c1-2-14-8-5(11)3(9)4(10)6(15-8)7(12)13/h3-6,8-11H,2H2,1H3,(H,12,13)/t3-,4+,5?,6?,8-/m0/s1. The molecule has 1 fully saturated rings. The third kappa shape index (κ3) is 2.44. The van der Waals surface area contributed by atoms with Crippen molar-refractivity contribution in [2.45, 2.75) is 37.6 Å². The number of aliphatic carboxylic acids is 1. The third-order valence-corrected chi connectivity index (χ3v) is 2.14. The molecule has 1 aliphatic rings. The van der Waals surface area contributed by atoms with Gasteiger partial charge in [0.05, 0.1) is 0 Å². The first kappa shape index (κ1) is 12.3. The molecular formula is C8H14O7. The highest BCUT2D eigenvalue weighted by Gasteiger charge is 2.47. The summed E-state index contributed by atoms with van der Waals surface area (Å²) in [6.45, 7) is 1.82. The number of ether oxygens (including phenoxy) is 2. The van der Waals surface area contributed by atoms with E-state index in [1.54, 1.807) is 6.92 Å². The van der Waals surface area contributed by atoms with Crippen molar-refractivity contribution < 1.29 is 34.7 Å². The molecule has 0 bridgehead atoms. The lowest BCUT2D eigenvalue weighted by atomic mass is 9.99. The van der Waals surface area contributed by atoms with E-state index in [2.05, 4.69) is 0 Å². The van der Waals surface area contributed by atoms with Gasteiger partial charge in [0.15, 0.2) is 12.4 Å². The van der Waals surface area contributed by atoms with E-state index in [9.17, 15) is 20.1 Å². The van der Waals surface area contributed by atoms with E-state index in [4.69, 9.17) is 14.6 Å². The number of carboxylic acid groups (broad SMARTS) is 1. The van der Waals surface area contributed by atoms with Gasteiger partial charge in [-0.25, -0.2) is 4.79 Å². The Balaban J connectivity index is 2.75. The van der Waals surface area contributed by atoms with E-state index in [0.717, 1.165) is 0 Å². The van der Waals surface area contributed by atoms with E-state index in [1.165, 1.54) is 0 Å². The highest BCUT2D eigenvalue weighted by molar-refractivity contribution is 5.73. The number of rotatable bonds is 3. The summed E-state index contributed by atoms with van der Waals surface area (Å²) in [7, 11) is 0. The Morgan fingerprint density at radius 1 is 1.27 bits per heavy atom. The average molecular weight is 222 g/mol. The van der Waals surface area contributed by atoms with Gasteiger partial charge in [0.25, 0.3) is 0 Å². The highest BCUT2D eigenvalue weighted by atomic mass is 16.7. The number of hydrogen-bond donors (Lipinski definition) is 4. The minimum absolute atomic E-state index is 0.191. The molecule has 7 heteroatoms. The minimum Gasteiger partial charge on any atom is -0.479 e. The lowest BCUT2D eigenvalue weighted by Gasteiger charge is -2.38. The first-order valence-electron chi connectivity index (χ1n) is 4.53. The van der Waals surface area contributed by atoms with E-state index >= 15 is 0 Å². The van der Waals surface area contributed by atoms with Gasteiger partial charge in [0.2, 0.25) is 0 Å². The van der Waals surface area contributed by atoms with Crippen molar-refractivity contribution in [3.8, 4) is 0 Å². The number of aliphatic hydroxyl groups excluding tert-OH is 3. The quantitative estimate of drug-likeness (QED) is 0.432. The fourth-order valence-corrected chi connectivity index (χ4v) is 1.35. The van der Waals surface area contributed by atoms with E-state index in [1.807, 2.05) is 0 Å². The van der Waals surface area contributed by atoms with Gasteiger partial charge in [-0.05, 0) is 6.92 Å². The van der Waals surface area contributed by atoms with Gasteiger partial charge in [-0.15, -0.1) is 0 Å². The summed E-state index contributed by atoms with van der Waals surface area (Å²) in [6, 6.07) is 0. The molecule has 0 aromatic heterocycles. The lowest BCUT2D eigenvalue weighted by molar-refractivity contribution is -0.292. The monoisotopic (exact) mass is 222 g/mol. The molecule has 2 unspecified atom stereocenters. The molecule has 1 heterocycles. The summed E-state index contributed by atoms with van der Waals surface area (Å²) in [4.78, 5) is 10.6. The van der Waals surface area contributed by atoms with Crippen molar-refractivity contribution >= 4 is 5.97 Å². The topological polar surface area (TPSA) is 116 Å². The van der Waals surface area contributed by atoms with Crippen molar-refractivity contribution in [3.63, 3.8) is 0 Å². The fraction of sp³-hybridized carbons (Fsp3) is 0.875. The largest absolute Gasteiger partial charge is 0.479 e. The molecule has 1 saturated heterocycles. The number of aliphatic hydroxyl groups is 3. The molecule has 0 amide bonds. The molecule has 1 rings (SSSR count). The third-order valence-electron chi connectivity index (χ3n) is 2.14. The maximum atomic E-state index is 10.6. The Labute approximate surface area is 85.9 Å². The van der Waals surface area contributed by atoms with E-state index in [-0.39, 0.29) is 6.61 Å². The van der Waals surface area contributed by atoms with Crippen LogP contribution in [0.2, 0.25) is 0 Å². The zero-order valence-corrected chi connectivity index (χ0v) is 8.11. The van der Waals surface area contributed by atoms with Gasteiger partial charge in [-0.1, -0.05) is 0 Å². The second-order valence-corrected chi connectivity index (χ2v) is 3.19. The smallest absolute Gasteiger partial charge is 0.335 e. The van der Waals surface area contributed by atoms with Gasteiger partial charge < -0.3 is 29.9 Å². The van der Waals surface area contributed by atoms with Crippen molar-refractivity contribution in [1.82, 2.24) is 0 Å². The van der Waals surface area contributed by atoms with Gasteiger partial charge in [0, 0.05) is 6.61 Å². The number of carboxylic acids is 1. The summed E-state index contributed by atoms with van der Waals surface area (Å²) in [5.74, 6) is -1.42. The maximum Gasteiger partial charge on any atom is 0.335 e. The maximum absolute atomic E-state index is 10.6. The highest BCUT2D eigenvalue weighted by Crippen LogP contribution is 2.22. The van der Waals surface area contributed by atoms with Crippen LogP contribution in [0.1, 0.15) is 6.92 Å². The Morgan fingerprint density at radius 3 is 2.33 bits per heavy atom. The van der Waals surface area contributed by atoms with Crippen molar-refractivity contribution in [3.05, 3.63) is 0 Å². The molecule has 0 aliphatic carbocycles. The van der Waals surface area contributed by atoms with Crippen LogP contribution in [0.4, 0.5) is 0 Å².